The fourth-order valence-electron chi connectivity index (χ4n) is 6.57. The second-order valence-electron chi connectivity index (χ2n) is 10.8. The van der Waals surface area contributed by atoms with E-state index in [0.717, 1.165) is 24.8 Å². The zero-order valence-corrected chi connectivity index (χ0v) is 22.2. The lowest BCUT2D eigenvalue weighted by molar-refractivity contribution is -0.148. The summed E-state index contributed by atoms with van der Waals surface area (Å²) >= 11 is 0. The zero-order chi connectivity index (χ0) is 26.7. The molecule has 1 aromatic carbocycles. The Kier molecular flexibility index (Phi) is 8.00. The maximum atomic E-state index is 14.1. The molecule has 1 spiro atoms. The van der Waals surface area contributed by atoms with Crippen LogP contribution in [0.25, 0.3) is 0 Å². The van der Waals surface area contributed by atoms with Crippen molar-refractivity contribution in [2.45, 2.75) is 63.3 Å². The molecule has 1 N–H and O–H groups in total. The Morgan fingerprint density at radius 1 is 0.921 bits per heavy atom. The maximum absolute atomic E-state index is 14.1. The van der Waals surface area contributed by atoms with E-state index in [0.29, 0.717) is 45.6 Å². The molecule has 8 heteroatoms. The van der Waals surface area contributed by atoms with Crippen LogP contribution < -0.4 is 0 Å². The van der Waals surface area contributed by atoms with Crippen molar-refractivity contribution in [3.8, 4) is 0 Å². The molecule has 0 saturated carbocycles. The average Bonchev–Trinajstić information content (AvgIpc) is 3.24. The lowest BCUT2D eigenvalue weighted by Crippen LogP contribution is -2.55. The number of unbranched alkanes of at least 4 members (excludes halogenated alkanes) is 3. The molecular weight excluding hydrogens is 482 g/mol. The van der Waals surface area contributed by atoms with Gasteiger partial charge in [-0.25, -0.2) is 0 Å². The van der Waals surface area contributed by atoms with Crippen molar-refractivity contribution < 1.29 is 24.2 Å². The molecule has 0 aromatic heterocycles. The highest BCUT2D eigenvalue weighted by Gasteiger charge is 2.71. The predicted octanol–water partition coefficient (Wildman–Crippen LogP) is 2.53. The summed E-state index contributed by atoms with van der Waals surface area (Å²) in [5, 5.41) is 9.36. The minimum atomic E-state index is -1.18. The SMILES string of the molecule is CCCCCN1CC=C[C@]23O[C@@H]4C=CCN(Cc5ccccc5)C(=O)[C@@H]4[C@H]2C(=O)N(CCCCO)C3C1=O. The number of hydrogen-bond acceptors (Lipinski definition) is 5. The summed E-state index contributed by atoms with van der Waals surface area (Å²) in [7, 11) is 0. The number of rotatable bonds is 10. The number of nitrogens with zero attached hydrogens (tertiary/aromatic N) is 3. The van der Waals surface area contributed by atoms with E-state index in [1.165, 1.54) is 0 Å². The molecule has 1 unspecified atom stereocenters. The summed E-state index contributed by atoms with van der Waals surface area (Å²) in [5.41, 5.74) is -0.160. The fourth-order valence-corrected chi connectivity index (χ4v) is 6.57. The molecule has 1 aromatic rings. The summed E-state index contributed by atoms with van der Waals surface area (Å²) in [4.78, 5) is 47.5. The number of aliphatic hydroxyl groups excluding tert-OH is 1. The van der Waals surface area contributed by atoms with E-state index in [1.807, 2.05) is 59.5 Å². The fraction of sp³-hybridized carbons (Fsp3) is 0.567. The highest BCUT2D eigenvalue weighted by molar-refractivity contribution is 5.99. The second-order valence-corrected chi connectivity index (χ2v) is 10.8. The Morgan fingerprint density at radius 2 is 1.68 bits per heavy atom. The lowest BCUT2D eigenvalue weighted by atomic mass is 9.77. The first-order chi connectivity index (χ1) is 18.5. The molecule has 4 aliphatic rings. The van der Waals surface area contributed by atoms with Crippen LogP contribution in [0.1, 0.15) is 44.6 Å². The van der Waals surface area contributed by atoms with Crippen LogP contribution in [0.2, 0.25) is 0 Å². The van der Waals surface area contributed by atoms with Crippen LogP contribution in [-0.2, 0) is 25.7 Å². The van der Waals surface area contributed by atoms with Gasteiger partial charge in [0.2, 0.25) is 17.7 Å². The Bertz CT molecular complexity index is 1090. The van der Waals surface area contributed by atoms with Crippen LogP contribution in [-0.4, -0.2) is 88.1 Å². The Balaban J connectivity index is 1.49. The van der Waals surface area contributed by atoms with Crippen LogP contribution in [0.5, 0.6) is 0 Å². The van der Waals surface area contributed by atoms with Gasteiger partial charge < -0.3 is 24.5 Å². The molecule has 8 nitrogen and oxygen atoms in total. The quantitative estimate of drug-likeness (QED) is 0.378. The third-order valence-electron chi connectivity index (χ3n) is 8.38. The molecule has 204 valence electrons. The van der Waals surface area contributed by atoms with Gasteiger partial charge in [-0.1, -0.05) is 74.4 Å². The van der Waals surface area contributed by atoms with Crippen LogP contribution in [0.15, 0.2) is 54.6 Å². The summed E-state index contributed by atoms with van der Waals surface area (Å²) < 4.78 is 6.68. The minimum absolute atomic E-state index is 0.0250. The highest BCUT2D eigenvalue weighted by Crippen LogP contribution is 2.53. The number of hydrogen-bond donors (Lipinski definition) is 1. The van der Waals surface area contributed by atoms with Crippen molar-refractivity contribution in [2.75, 3.05) is 32.8 Å². The number of carbonyl (C=O) groups is 3. The van der Waals surface area contributed by atoms with Gasteiger partial charge in [-0.3, -0.25) is 14.4 Å². The van der Waals surface area contributed by atoms with Gasteiger partial charge in [-0.2, -0.15) is 0 Å². The topological polar surface area (TPSA) is 90.4 Å². The van der Waals surface area contributed by atoms with Crippen molar-refractivity contribution in [1.82, 2.24) is 14.7 Å². The minimum Gasteiger partial charge on any atom is -0.396 e. The molecule has 3 amide bonds. The van der Waals surface area contributed by atoms with Gasteiger partial charge >= 0.3 is 0 Å². The smallest absolute Gasteiger partial charge is 0.249 e. The first-order valence-electron chi connectivity index (χ1n) is 14.1. The van der Waals surface area contributed by atoms with E-state index in [4.69, 9.17) is 4.74 Å². The van der Waals surface area contributed by atoms with Crippen molar-refractivity contribution in [2.24, 2.45) is 11.8 Å². The molecule has 4 heterocycles. The van der Waals surface area contributed by atoms with Crippen LogP contribution in [0.3, 0.4) is 0 Å². The van der Waals surface area contributed by atoms with E-state index < -0.39 is 29.6 Å². The van der Waals surface area contributed by atoms with E-state index in [-0.39, 0.29) is 24.3 Å². The van der Waals surface area contributed by atoms with Gasteiger partial charge in [0.15, 0.2) is 0 Å². The molecule has 38 heavy (non-hydrogen) atoms. The first kappa shape index (κ1) is 26.6. The van der Waals surface area contributed by atoms with Crippen molar-refractivity contribution in [3.63, 3.8) is 0 Å². The Labute approximate surface area is 224 Å². The summed E-state index contributed by atoms with van der Waals surface area (Å²) in [6.07, 6.45) is 11.2. The molecule has 5 atom stereocenters. The van der Waals surface area contributed by atoms with Gasteiger partial charge in [-0.15, -0.1) is 0 Å². The largest absolute Gasteiger partial charge is 0.396 e. The van der Waals surface area contributed by atoms with Crippen molar-refractivity contribution in [3.05, 3.63) is 60.2 Å². The van der Waals surface area contributed by atoms with E-state index in [2.05, 4.69) is 6.92 Å². The van der Waals surface area contributed by atoms with Crippen LogP contribution >= 0.6 is 0 Å². The Morgan fingerprint density at radius 3 is 2.45 bits per heavy atom. The molecule has 5 rings (SSSR count). The zero-order valence-electron chi connectivity index (χ0n) is 22.2. The number of aliphatic hydroxyl groups is 1. The van der Waals surface area contributed by atoms with Crippen molar-refractivity contribution >= 4 is 17.7 Å². The van der Waals surface area contributed by atoms with E-state index in [1.54, 1.807) is 9.80 Å². The average molecular weight is 522 g/mol. The molecule has 0 bridgehead atoms. The molecule has 4 aliphatic heterocycles. The van der Waals surface area contributed by atoms with Crippen molar-refractivity contribution in [1.29, 1.82) is 0 Å². The number of ether oxygens (including phenoxy) is 1. The van der Waals surface area contributed by atoms with Gasteiger partial charge in [0.1, 0.15) is 11.6 Å². The van der Waals surface area contributed by atoms with Gasteiger partial charge in [-0.05, 0) is 24.8 Å². The second kappa shape index (κ2) is 11.4. The highest BCUT2D eigenvalue weighted by atomic mass is 16.5. The van der Waals surface area contributed by atoms with Crippen LogP contribution in [0, 0.1) is 11.8 Å². The number of fused-ring (bicyclic) bond motifs is 2. The normalized spacial score (nSPS) is 30.4. The van der Waals surface area contributed by atoms with Gasteiger partial charge in [0, 0.05) is 39.3 Å². The number of likely N-dealkylation sites (tertiary alicyclic amines) is 1. The summed E-state index contributed by atoms with van der Waals surface area (Å²) in [6, 6.07) is 9.02. The van der Waals surface area contributed by atoms with Crippen LogP contribution in [0.4, 0.5) is 0 Å². The van der Waals surface area contributed by atoms with Gasteiger partial charge in [0.05, 0.1) is 17.9 Å². The van der Waals surface area contributed by atoms with E-state index >= 15 is 0 Å². The Hall–Kier alpha value is -2.97. The first-order valence-corrected chi connectivity index (χ1v) is 14.1. The predicted molar refractivity (Wildman–Crippen MR) is 143 cm³/mol. The summed E-state index contributed by atoms with van der Waals surface area (Å²) in [6.45, 7) is 4.50. The number of carbonyl (C=O) groups excluding carboxylic acids is 3. The molecular formula is C30H39N3O5. The molecule has 2 saturated heterocycles. The maximum Gasteiger partial charge on any atom is 0.249 e. The number of amides is 3. The third-order valence-corrected chi connectivity index (χ3v) is 8.38. The van der Waals surface area contributed by atoms with Gasteiger partial charge in [0.25, 0.3) is 0 Å². The number of benzene rings is 1. The third kappa shape index (κ3) is 4.69. The van der Waals surface area contributed by atoms with E-state index in [9.17, 15) is 19.5 Å². The molecule has 0 aliphatic carbocycles. The molecule has 0 radical (unpaired) electrons. The molecule has 2 fully saturated rings. The monoisotopic (exact) mass is 521 g/mol. The standard InChI is InChI=1S/C30H39N3O5/c1-2-3-7-16-31-18-11-15-30-25(28(36)33(19-8-9-20-34)26(30)29(31)37)24-23(38-30)14-10-17-32(27(24)35)21-22-12-5-4-6-13-22/h4-6,10-15,23-26,34H,2-3,7-9,16-21H2,1H3/t23-,24+,25+,26?,30+/m1/s1. The summed E-state index contributed by atoms with van der Waals surface area (Å²) in [5.74, 6) is -1.88. The lowest BCUT2D eigenvalue weighted by Gasteiger charge is -2.35.